The summed E-state index contributed by atoms with van der Waals surface area (Å²) in [5, 5.41) is 3.33. The van der Waals surface area contributed by atoms with Gasteiger partial charge >= 0.3 is 5.97 Å². The van der Waals surface area contributed by atoms with Crippen molar-refractivity contribution in [2.24, 2.45) is 5.92 Å². The van der Waals surface area contributed by atoms with Crippen molar-refractivity contribution in [1.29, 1.82) is 0 Å². The summed E-state index contributed by atoms with van der Waals surface area (Å²) in [6, 6.07) is 11.1. The zero-order valence-corrected chi connectivity index (χ0v) is 15.4. The molecule has 1 N–H and O–H groups in total. The van der Waals surface area contributed by atoms with E-state index in [1.54, 1.807) is 18.2 Å². The summed E-state index contributed by atoms with van der Waals surface area (Å²) in [6.45, 7) is 3.81. The lowest BCUT2D eigenvalue weighted by atomic mass is 9.97. The first-order chi connectivity index (χ1) is 12.4. The molecule has 0 aromatic heterocycles. The molecule has 1 aliphatic rings. The highest BCUT2D eigenvalue weighted by molar-refractivity contribution is 6.30. The fourth-order valence-electron chi connectivity index (χ4n) is 3.01. The van der Waals surface area contributed by atoms with Crippen LogP contribution >= 0.6 is 11.6 Å². The van der Waals surface area contributed by atoms with Gasteiger partial charge in [-0.25, -0.2) is 0 Å². The monoisotopic (exact) mass is 373 g/mol. The van der Waals surface area contributed by atoms with Crippen molar-refractivity contribution >= 4 is 29.2 Å². The molecule has 0 unspecified atom stereocenters. The van der Waals surface area contributed by atoms with Crippen molar-refractivity contribution in [3.05, 3.63) is 58.1 Å². The maximum atomic E-state index is 12.2. The van der Waals surface area contributed by atoms with Gasteiger partial charge in [-0.3, -0.25) is 9.59 Å². The molecule has 1 amide bonds. The Morgan fingerprint density at radius 1 is 1.19 bits per heavy atom. The second-order valence-electron chi connectivity index (χ2n) is 6.50. The van der Waals surface area contributed by atoms with E-state index in [9.17, 15) is 9.59 Å². The molecule has 6 heteroatoms. The van der Waals surface area contributed by atoms with E-state index in [1.165, 1.54) is 0 Å². The van der Waals surface area contributed by atoms with Crippen LogP contribution in [0.4, 0.5) is 5.69 Å². The number of benzene rings is 2. The van der Waals surface area contributed by atoms with Gasteiger partial charge in [0.1, 0.15) is 12.4 Å². The van der Waals surface area contributed by atoms with Crippen LogP contribution in [-0.2, 0) is 20.7 Å². The normalized spacial score (nSPS) is 15.6. The van der Waals surface area contributed by atoms with E-state index in [0.717, 1.165) is 22.4 Å². The number of carbonyl (C=O) groups is 2. The SMILES string of the molecule is Cc1cc(C)cc(NC(=O)COC(=O)[C@H]2COc3ccc(Cl)cc3C2)c1. The van der Waals surface area contributed by atoms with Gasteiger partial charge in [0.05, 0.1) is 5.92 Å². The van der Waals surface area contributed by atoms with E-state index < -0.39 is 11.9 Å². The molecule has 1 atom stereocenters. The molecular formula is C20H20ClNO4. The lowest BCUT2D eigenvalue weighted by Gasteiger charge is -2.24. The minimum absolute atomic E-state index is 0.228. The van der Waals surface area contributed by atoms with Crippen molar-refractivity contribution < 1.29 is 19.1 Å². The number of halogens is 1. The molecule has 26 heavy (non-hydrogen) atoms. The number of ether oxygens (including phenoxy) is 2. The molecule has 0 saturated heterocycles. The summed E-state index contributed by atoms with van der Waals surface area (Å²) in [5.41, 5.74) is 3.65. The van der Waals surface area contributed by atoms with Crippen LogP contribution in [0.2, 0.25) is 5.02 Å². The number of amides is 1. The first kappa shape index (κ1) is 18.3. The van der Waals surface area contributed by atoms with Gasteiger partial charge in [0.2, 0.25) is 0 Å². The fourth-order valence-corrected chi connectivity index (χ4v) is 3.21. The fraction of sp³-hybridized carbons (Fsp3) is 0.300. The number of hydrogen-bond donors (Lipinski definition) is 1. The number of esters is 1. The Kier molecular flexibility index (Phi) is 5.47. The topological polar surface area (TPSA) is 64.6 Å². The number of rotatable bonds is 4. The third kappa shape index (κ3) is 4.55. The number of fused-ring (bicyclic) bond motifs is 1. The van der Waals surface area contributed by atoms with Crippen LogP contribution in [0.3, 0.4) is 0 Å². The third-order valence-corrected chi connectivity index (χ3v) is 4.35. The number of anilines is 1. The van der Waals surface area contributed by atoms with Gasteiger partial charge in [-0.1, -0.05) is 17.7 Å². The van der Waals surface area contributed by atoms with E-state index in [-0.39, 0.29) is 19.1 Å². The first-order valence-electron chi connectivity index (χ1n) is 8.37. The maximum absolute atomic E-state index is 12.2. The summed E-state index contributed by atoms with van der Waals surface area (Å²) in [7, 11) is 0. The Bertz CT molecular complexity index is 829. The van der Waals surface area contributed by atoms with Crippen LogP contribution in [0.25, 0.3) is 0 Å². The zero-order valence-electron chi connectivity index (χ0n) is 14.7. The minimum Gasteiger partial charge on any atom is -0.492 e. The number of hydrogen-bond acceptors (Lipinski definition) is 4. The second kappa shape index (κ2) is 7.79. The Labute approximate surface area is 157 Å². The predicted molar refractivity (Wildman–Crippen MR) is 99.6 cm³/mol. The average Bonchev–Trinajstić information content (AvgIpc) is 2.58. The van der Waals surface area contributed by atoms with Gasteiger partial charge in [-0.15, -0.1) is 0 Å². The Hall–Kier alpha value is -2.53. The molecule has 0 aliphatic carbocycles. The number of nitrogens with one attached hydrogen (secondary N) is 1. The highest BCUT2D eigenvalue weighted by Gasteiger charge is 2.28. The largest absolute Gasteiger partial charge is 0.492 e. The van der Waals surface area contributed by atoms with E-state index in [0.29, 0.717) is 17.1 Å². The first-order valence-corrected chi connectivity index (χ1v) is 8.74. The average molecular weight is 374 g/mol. The number of aryl methyl sites for hydroxylation is 2. The molecule has 136 valence electrons. The highest BCUT2D eigenvalue weighted by Crippen LogP contribution is 2.30. The predicted octanol–water partition coefficient (Wildman–Crippen LogP) is 3.69. The summed E-state index contributed by atoms with van der Waals surface area (Å²) >= 11 is 5.98. The summed E-state index contributed by atoms with van der Waals surface area (Å²) in [5.74, 6) is -0.546. The zero-order chi connectivity index (χ0) is 18.7. The molecule has 0 saturated carbocycles. The lowest BCUT2D eigenvalue weighted by molar-refractivity contribution is -0.152. The molecule has 5 nitrogen and oxygen atoms in total. The quantitative estimate of drug-likeness (QED) is 0.830. The van der Waals surface area contributed by atoms with Gasteiger partial charge in [0.25, 0.3) is 5.91 Å². The molecular weight excluding hydrogens is 354 g/mol. The van der Waals surface area contributed by atoms with Gasteiger partial charge < -0.3 is 14.8 Å². The number of carbonyl (C=O) groups excluding carboxylic acids is 2. The maximum Gasteiger partial charge on any atom is 0.313 e. The molecule has 0 fully saturated rings. The van der Waals surface area contributed by atoms with Crippen molar-refractivity contribution in [1.82, 2.24) is 0 Å². The van der Waals surface area contributed by atoms with Crippen LogP contribution in [0.1, 0.15) is 16.7 Å². The van der Waals surface area contributed by atoms with Gasteiger partial charge in [0.15, 0.2) is 6.61 Å². The van der Waals surface area contributed by atoms with Crippen LogP contribution in [0.15, 0.2) is 36.4 Å². The molecule has 0 radical (unpaired) electrons. The Balaban J connectivity index is 1.53. The molecule has 0 bridgehead atoms. The van der Waals surface area contributed by atoms with Crippen molar-refractivity contribution in [3.63, 3.8) is 0 Å². The van der Waals surface area contributed by atoms with E-state index in [1.807, 2.05) is 32.0 Å². The van der Waals surface area contributed by atoms with E-state index in [4.69, 9.17) is 21.1 Å². The molecule has 2 aromatic rings. The van der Waals surface area contributed by atoms with Crippen molar-refractivity contribution in [3.8, 4) is 5.75 Å². The van der Waals surface area contributed by atoms with Crippen molar-refractivity contribution in [2.75, 3.05) is 18.5 Å². The van der Waals surface area contributed by atoms with Gasteiger partial charge in [-0.05, 0) is 67.3 Å². The Morgan fingerprint density at radius 3 is 2.65 bits per heavy atom. The summed E-state index contributed by atoms with van der Waals surface area (Å²) in [6.07, 6.45) is 0.480. The minimum atomic E-state index is -0.453. The third-order valence-electron chi connectivity index (χ3n) is 4.11. The van der Waals surface area contributed by atoms with E-state index in [2.05, 4.69) is 5.32 Å². The summed E-state index contributed by atoms with van der Waals surface area (Å²) < 4.78 is 10.7. The second-order valence-corrected chi connectivity index (χ2v) is 6.93. The molecule has 1 heterocycles. The van der Waals surface area contributed by atoms with Gasteiger partial charge in [0, 0.05) is 10.7 Å². The standard InChI is InChI=1S/C20H20ClNO4/c1-12-5-13(2)7-17(6-12)22-19(23)11-26-20(24)15-8-14-9-16(21)3-4-18(14)25-10-15/h3-7,9,15H,8,10-11H2,1-2H3,(H,22,23)/t15-/m1/s1. The molecule has 2 aromatic carbocycles. The smallest absolute Gasteiger partial charge is 0.313 e. The van der Waals surface area contributed by atoms with Gasteiger partial charge in [-0.2, -0.15) is 0 Å². The molecule has 1 aliphatic heterocycles. The van der Waals surface area contributed by atoms with Crippen LogP contribution in [0, 0.1) is 19.8 Å². The van der Waals surface area contributed by atoms with Crippen LogP contribution in [0.5, 0.6) is 5.75 Å². The Morgan fingerprint density at radius 2 is 1.92 bits per heavy atom. The van der Waals surface area contributed by atoms with Crippen LogP contribution in [-0.4, -0.2) is 25.1 Å². The van der Waals surface area contributed by atoms with E-state index >= 15 is 0 Å². The highest BCUT2D eigenvalue weighted by atomic mass is 35.5. The summed E-state index contributed by atoms with van der Waals surface area (Å²) in [4.78, 5) is 24.3. The van der Waals surface area contributed by atoms with Crippen molar-refractivity contribution in [2.45, 2.75) is 20.3 Å². The molecule has 3 rings (SSSR count). The lowest BCUT2D eigenvalue weighted by Crippen LogP contribution is -2.32. The molecule has 0 spiro atoms. The van der Waals surface area contributed by atoms with Crippen LogP contribution < -0.4 is 10.1 Å².